The second-order valence-electron chi connectivity index (χ2n) is 4.19. The molecule has 6 heteroatoms. The van der Waals surface area contributed by atoms with Crippen molar-refractivity contribution in [1.29, 1.82) is 0 Å². The molecule has 1 fully saturated rings. The van der Waals surface area contributed by atoms with Crippen LogP contribution in [0, 0.1) is 0 Å². The summed E-state index contributed by atoms with van der Waals surface area (Å²) in [4.78, 5) is 4.46. The summed E-state index contributed by atoms with van der Waals surface area (Å²) in [5.74, 6) is 3.07. The van der Waals surface area contributed by atoms with E-state index in [2.05, 4.69) is 15.5 Å². The van der Waals surface area contributed by atoms with Gasteiger partial charge in [-0.05, 0) is 12.1 Å². The molecular formula is C13H15N3O2S. The molecule has 1 aromatic heterocycles. The molecular weight excluding hydrogens is 262 g/mol. The zero-order valence-corrected chi connectivity index (χ0v) is 11.4. The van der Waals surface area contributed by atoms with Crippen LogP contribution in [0.1, 0.15) is 11.9 Å². The van der Waals surface area contributed by atoms with E-state index in [0.29, 0.717) is 11.7 Å². The topological polar surface area (TPSA) is 60.2 Å². The van der Waals surface area contributed by atoms with E-state index in [4.69, 9.17) is 9.26 Å². The zero-order valence-electron chi connectivity index (χ0n) is 10.6. The van der Waals surface area contributed by atoms with Crippen molar-refractivity contribution < 1.29 is 9.26 Å². The molecule has 1 aliphatic heterocycles. The zero-order chi connectivity index (χ0) is 13.1. The second kappa shape index (κ2) is 5.63. The summed E-state index contributed by atoms with van der Waals surface area (Å²) in [6, 6.07) is 7.85. The largest absolute Gasteiger partial charge is 0.387 e. The fourth-order valence-corrected chi connectivity index (χ4v) is 2.84. The minimum absolute atomic E-state index is 0.0574. The number of nitrogens with zero attached hydrogens (tertiary/aromatic N) is 2. The van der Waals surface area contributed by atoms with E-state index in [1.807, 2.05) is 43.1 Å². The molecule has 5 nitrogen and oxygen atoms in total. The molecule has 1 N–H and O–H groups in total. The molecule has 1 atom stereocenters. The highest BCUT2D eigenvalue weighted by Crippen LogP contribution is 2.29. The Morgan fingerprint density at radius 2 is 2.26 bits per heavy atom. The van der Waals surface area contributed by atoms with Crippen molar-refractivity contribution in [2.75, 3.05) is 30.5 Å². The molecule has 0 spiro atoms. The van der Waals surface area contributed by atoms with Gasteiger partial charge in [0.15, 0.2) is 0 Å². The predicted octanol–water partition coefficient (Wildman–Crippen LogP) is 2.58. The summed E-state index contributed by atoms with van der Waals surface area (Å²) in [5, 5.41) is 7.16. The van der Waals surface area contributed by atoms with Crippen LogP contribution in [0.4, 0.5) is 5.69 Å². The third kappa shape index (κ3) is 2.59. The van der Waals surface area contributed by atoms with Gasteiger partial charge in [0.25, 0.3) is 5.89 Å². The molecule has 1 saturated heterocycles. The SMILES string of the molecule is CNc1ccccc1-c1nc(C2CSCCO2)no1. The highest BCUT2D eigenvalue weighted by molar-refractivity contribution is 7.99. The fraction of sp³-hybridized carbons (Fsp3) is 0.385. The number of benzene rings is 1. The summed E-state index contributed by atoms with van der Waals surface area (Å²) in [7, 11) is 1.87. The van der Waals surface area contributed by atoms with Gasteiger partial charge < -0.3 is 14.6 Å². The lowest BCUT2D eigenvalue weighted by Crippen LogP contribution is -2.16. The first-order valence-electron chi connectivity index (χ1n) is 6.18. The Morgan fingerprint density at radius 3 is 3.05 bits per heavy atom. The third-order valence-corrected chi connectivity index (χ3v) is 3.97. The Balaban J connectivity index is 1.88. The third-order valence-electron chi connectivity index (χ3n) is 2.97. The van der Waals surface area contributed by atoms with Gasteiger partial charge in [0, 0.05) is 24.2 Å². The second-order valence-corrected chi connectivity index (χ2v) is 5.34. The van der Waals surface area contributed by atoms with Crippen molar-refractivity contribution in [3.05, 3.63) is 30.1 Å². The molecule has 19 heavy (non-hydrogen) atoms. The maximum absolute atomic E-state index is 5.65. The number of aromatic nitrogens is 2. The molecule has 2 heterocycles. The lowest BCUT2D eigenvalue weighted by molar-refractivity contribution is 0.0677. The first kappa shape index (κ1) is 12.5. The van der Waals surface area contributed by atoms with Gasteiger partial charge >= 0.3 is 0 Å². The van der Waals surface area contributed by atoms with Gasteiger partial charge in [0.2, 0.25) is 5.82 Å². The molecule has 100 valence electrons. The van der Waals surface area contributed by atoms with Gasteiger partial charge in [0.05, 0.1) is 12.2 Å². The summed E-state index contributed by atoms with van der Waals surface area (Å²) in [5.41, 5.74) is 1.88. The number of nitrogens with one attached hydrogen (secondary N) is 1. The number of thioether (sulfide) groups is 1. The Bertz CT molecular complexity index is 552. The molecule has 0 aliphatic carbocycles. The predicted molar refractivity (Wildman–Crippen MR) is 75.3 cm³/mol. The van der Waals surface area contributed by atoms with Crippen molar-refractivity contribution in [3.8, 4) is 11.5 Å². The fourth-order valence-electron chi connectivity index (χ4n) is 2.00. The Kier molecular flexibility index (Phi) is 3.70. The number of para-hydroxylation sites is 1. The number of anilines is 1. The maximum Gasteiger partial charge on any atom is 0.260 e. The average molecular weight is 277 g/mol. The summed E-state index contributed by atoms with van der Waals surface area (Å²) in [6.45, 7) is 0.742. The van der Waals surface area contributed by atoms with Gasteiger partial charge in [-0.3, -0.25) is 0 Å². The minimum Gasteiger partial charge on any atom is -0.387 e. The highest BCUT2D eigenvalue weighted by atomic mass is 32.2. The van der Waals surface area contributed by atoms with Crippen LogP contribution >= 0.6 is 11.8 Å². The summed E-state index contributed by atoms with van der Waals surface area (Å²) in [6.07, 6.45) is -0.0574. The summed E-state index contributed by atoms with van der Waals surface area (Å²) < 4.78 is 11.0. The highest BCUT2D eigenvalue weighted by Gasteiger charge is 2.23. The van der Waals surface area contributed by atoms with Crippen LogP contribution in [0.3, 0.4) is 0 Å². The van der Waals surface area contributed by atoms with Gasteiger partial charge in [-0.2, -0.15) is 16.7 Å². The standard InChI is InChI=1S/C13H15N3O2S/c1-14-10-5-3-2-4-9(10)13-15-12(16-18-13)11-8-19-7-6-17-11/h2-5,11,14H,6-8H2,1H3. The van der Waals surface area contributed by atoms with E-state index in [0.717, 1.165) is 29.4 Å². The van der Waals surface area contributed by atoms with Gasteiger partial charge in [-0.1, -0.05) is 17.3 Å². The Labute approximate surface area is 115 Å². The Hall–Kier alpha value is -1.53. The van der Waals surface area contributed by atoms with Crippen LogP contribution in [0.25, 0.3) is 11.5 Å². The quantitative estimate of drug-likeness (QED) is 0.930. The molecule has 0 radical (unpaired) electrons. The molecule has 0 amide bonds. The van der Waals surface area contributed by atoms with E-state index in [9.17, 15) is 0 Å². The molecule has 1 aliphatic rings. The monoisotopic (exact) mass is 277 g/mol. The van der Waals surface area contributed by atoms with Gasteiger partial charge in [0.1, 0.15) is 6.10 Å². The van der Waals surface area contributed by atoms with E-state index in [1.165, 1.54) is 0 Å². The van der Waals surface area contributed by atoms with Crippen LogP contribution in [0.5, 0.6) is 0 Å². The van der Waals surface area contributed by atoms with Crippen molar-refractivity contribution in [3.63, 3.8) is 0 Å². The first-order valence-corrected chi connectivity index (χ1v) is 7.34. The lowest BCUT2D eigenvalue weighted by Gasteiger charge is -2.18. The first-order chi connectivity index (χ1) is 9.38. The molecule has 2 aromatic rings. The van der Waals surface area contributed by atoms with Crippen molar-refractivity contribution >= 4 is 17.4 Å². The number of ether oxygens (including phenoxy) is 1. The van der Waals surface area contributed by atoms with Crippen molar-refractivity contribution in [2.45, 2.75) is 6.10 Å². The van der Waals surface area contributed by atoms with Gasteiger partial charge in [-0.15, -0.1) is 0 Å². The molecule has 1 aromatic carbocycles. The van der Waals surface area contributed by atoms with E-state index < -0.39 is 0 Å². The smallest absolute Gasteiger partial charge is 0.260 e. The Morgan fingerprint density at radius 1 is 1.37 bits per heavy atom. The number of hydrogen-bond acceptors (Lipinski definition) is 6. The molecule has 0 bridgehead atoms. The normalized spacial score (nSPS) is 19.3. The van der Waals surface area contributed by atoms with Crippen molar-refractivity contribution in [2.24, 2.45) is 0 Å². The van der Waals surface area contributed by atoms with Crippen LogP contribution in [-0.2, 0) is 4.74 Å². The van der Waals surface area contributed by atoms with E-state index in [-0.39, 0.29) is 6.10 Å². The number of rotatable bonds is 3. The average Bonchev–Trinajstić information content (AvgIpc) is 2.98. The van der Waals surface area contributed by atoms with Gasteiger partial charge in [-0.25, -0.2) is 0 Å². The molecule has 1 unspecified atom stereocenters. The minimum atomic E-state index is -0.0574. The van der Waals surface area contributed by atoms with E-state index in [1.54, 1.807) is 0 Å². The van der Waals surface area contributed by atoms with Crippen LogP contribution < -0.4 is 5.32 Å². The van der Waals surface area contributed by atoms with E-state index >= 15 is 0 Å². The molecule has 3 rings (SSSR count). The van der Waals surface area contributed by atoms with Crippen molar-refractivity contribution in [1.82, 2.24) is 10.1 Å². The lowest BCUT2D eigenvalue weighted by atomic mass is 10.2. The maximum atomic E-state index is 5.65. The van der Waals surface area contributed by atoms with Crippen LogP contribution in [0.2, 0.25) is 0 Å². The molecule has 0 saturated carbocycles. The summed E-state index contributed by atoms with van der Waals surface area (Å²) >= 11 is 1.85. The van der Waals surface area contributed by atoms with Crippen LogP contribution in [-0.4, -0.2) is 35.3 Å². The number of hydrogen-bond donors (Lipinski definition) is 1. The van der Waals surface area contributed by atoms with Crippen LogP contribution in [0.15, 0.2) is 28.8 Å².